The van der Waals surface area contributed by atoms with Crippen LogP contribution in [0.25, 0.3) is 0 Å². The van der Waals surface area contributed by atoms with Crippen molar-refractivity contribution in [1.29, 1.82) is 0 Å². The number of hydrogen-bond donors (Lipinski definition) is 1. The van der Waals surface area contributed by atoms with Gasteiger partial charge in [-0.25, -0.2) is 4.39 Å². The second-order valence-electron chi connectivity index (χ2n) is 4.01. The zero-order chi connectivity index (χ0) is 13.1. The lowest BCUT2D eigenvalue weighted by atomic mass is 10.0. The Hall–Kier alpha value is -1.09. The van der Waals surface area contributed by atoms with Gasteiger partial charge < -0.3 is 5.11 Å². The van der Waals surface area contributed by atoms with E-state index in [0.717, 1.165) is 5.56 Å². The molecule has 0 aromatic heterocycles. The van der Waals surface area contributed by atoms with Crippen LogP contribution in [0.4, 0.5) is 4.39 Å². The lowest BCUT2D eigenvalue weighted by molar-refractivity contribution is 0.178. The molecule has 1 N–H and O–H groups in total. The molecule has 0 aliphatic rings. The quantitative estimate of drug-likeness (QED) is 0.885. The Bertz CT molecular complexity index is 540. The lowest BCUT2D eigenvalue weighted by Gasteiger charge is -2.13. The molecule has 2 aromatic carbocycles. The predicted molar refractivity (Wildman–Crippen MR) is 71.5 cm³/mol. The van der Waals surface area contributed by atoms with Crippen molar-refractivity contribution in [2.24, 2.45) is 0 Å². The van der Waals surface area contributed by atoms with Crippen LogP contribution in [0, 0.1) is 5.82 Å². The smallest absolute Gasteiger partial charge is 0.123 e. The molecule has 2 aromatic rings. The highest BCUT2D eigenvalue weighted by atomic mass is 35.5. The van der Waals surface area contributed by atoms with E-state index in [9.17, 15) is 9.50 Å². The monoisotopic (exact) mass is 284 g/mol. The van der Waals surface area contributed by atoms with E-state index >= 15 is 0 Å². The van der Waals surface area contributed by atoms with Gasteiger partial charge in [-0.2, -0.15) is 0 Å². The largest absolute Gasteiger partial charge is 0.388 e. The summed E-state index contributed by atoms with van der Waals surface area (Å²) in [5, 5.41) is 11.1. The molecule has 0 aliphatic heterocycles. The molecule has 0 heterocycles. The third-order valence-corrected chi connectivity index (χ3v) is 3.24. The second-order valence-corrected chi connectivity index (χ2v) is 4.86. The third-order valence-electron chi connectivity index (χ3n) is 2.66. The van der Waals surface area contributed by atoms with Gasteiger partial charge in [-0.3, -0.25) is 0 Å². The van der Waals surface area contributed by atoms with E-state index in [1.54, 1.807) is 30.3 Å². The van der Waals surface area contributed by atoms with Crippen LogP contribution >= 0.6 is 23.2 Å². The first-order chi connectivity index (χ1) is 8.56. The van der Waals surface area contributed by atoms with E-state index in [0.29, 0.717) is 22.0 Å². The molecule has 4 heteroatoms. The third kappa shape index (κ3) is 3.22. The molecule has 18 heavy (non-hydrogen) atoms. The number of aliphatic hydroxyl groups excluding tert-OH is 1. The molecule has 1 unspecified atom stereocenters. The number of hydrogen-bond acceptors (Lipinski definition) is 1. The molecule has 0 saturated carbocycles. The van der Waals surface area contributed by atoms with E-state index in [4.69, 9.17) is 23.2 Å². The lowest BCUT2D eigenvalue weighted by Crippen LogP contribution is -2.02. The van der Waals surface area contributed by atoms with Gasteiger partial charge in [0.15, 0.2) is 0 Å². The van der Waals surface area contributed by atoms with Crippen LogP contribution in [0.15, 0.2) is 42.5 Å². The summed E-state index contributed by atoms with van der Waals surface area (Å²) in [6.45, 7) is 0. The average molecular weight is 285 g/mol. The van der Waals surface area contributed by atoms with Crippen molar-refractivity contribution < 1.29 is 9.50 Å². The first kappa shape index (κ1) is 13.3. The molecule has 1 nitrogen and oxygen atoms in total. The first-order valence-corrected chi connectivity index (χ1v) is 6.19. The van der Waals surface area contributed by atoms with E-state index in [1.807, 2.05) is 0 Å². The molecule has 94 valence electrons. The number of halogens is 3. The molecular formula is C14H11Cl2FO. The summed E-state index contributed by atoms with van der Waals surface area (Å²) in [4.78, 5) is 0. The van der Waals surface area contributed by atoms with Crippen molar-refractivity contribution in [2.45, 2.75) is 12.5 Å². The van der Waals surface area contributed by atoms with Gasteiger partial charge in [0, 0.05) is 22.0 Å². The zero-order valence-electron chi connectivity index (χ0n) is 9.41. The maximum atomic E-state index is 12.8. The molecule has 0 radical (unpaired) electrons. The summed E-state index contributed by atoms with van der Waals surface area (Å²) < 4.78 is 12.8. The van der Waals surface area contributed by atoms with Crippen molar-refractivity contribution in [2.75, 3.05) is 0 Å². The van der Waals surface area contributed by atoms with Crippen LogP contribution in [-0.4, -0.2) is 5.11 Å². The van der Waals surface area contributed by atoms with Crippen LogP contribution in [0.3, 0.4) is 0 Å². The minimum absolute atomic E-state index is 0.297. The molecule has 1 atom stereocenters. The van der Waals surface area contributed by atoms with E-state index in [1.165, 1.54) is 12.1 Å². The van der Waals surface area contributed by atoms with Crippen molar-refractivity contribution in [3.63, 3.8) is 0 Å². The van der Waals surface area contributed by atoms with Crippen LogP contribution in [0.2, 0.25) is 10.0 Å². The van der Waals surface area contributed by atoms with Gasteiger partial charge in [0.1, 0.15) is 5.82 Å². The standard InChI is InChI=1S/C14H11Cl2FO/c15-10-3-6-13(16)12(8-10)14(18)7-9-1-4-11(17)5-2-9/h1-6,8,14,18H,7H2. The fraction of sp³-hybridized carbons (Fsp3) is 0.143. The highest BCUT2D eigenvalue weighted by Gasteiger charge is 2.13. The predicted octanol–water partition coefficient (Wildman–Crippen LogP) is 4.41. The van der Waals surface area contributed by atoms with E-state index in [-0.39, 0.29) is 5.82 Å². The minimum atomic E-state index is -0.762. The second kappa shape index (κ2) is 5.70. The summed E-state index contributed by atoms with van der Waals surface area (Å²) >= 11 is 11.9. The van der Waals surface area contributed by atoms with Gasteiger partial charge in [0.2, 0.25) is 0 Å². The van der Waals surface area contributed by atoms with Gasteiger partial charge >= 0.3 is 0 Å². The highest BCUT2D eigenvalue weighted by molar-refractivity contribution is 6.33. The molecule has 0 aliphatic carbocycles. The Labute approximate surface area is 115 Å². The molecule has 0 saturated heterocycles. The first-order valence-electron chi connectivity index (χ1n) is 5.44. The number of rotatable bonds is 3. The van der Waals surface area contributed by atoms with Crippen molar-refractivity contribution in [3.05, 3.63) is 69.5 Å². The Kier molecular flexibility index (Phi) is 4.23. The maximum absolute atomic E-state index is 12.8. The maximum Gasteiger partial charge on any atom is 0.123 e. The summed E-state index contributed by atoms with van der Waals surface area (Å²) in [5.74, 6) is -0.297. The zero-order valence-corrected chi connectivity index (χ0v) is 10.9. The molecule has 0 fully saturated rings. The van der Waals surface area contributed by atoms with Crippen molar-refractivity contribution >= 4 is 23.2 Å². The Balaban J connectivity index is 2.18. The Morgan fingerprint density at radius 2 is 1.72 bits per heavy atom. The van der Waals surface area contributed by atoms with Crippen molar-refractivity contribution in [1.82, 2.24) is 0 Å². The van der Waals surface area contributed by atoms with Crippen LogP contribution in [0.5, 0.6) is 0 Å². The normalized spacial score (nSPS) is 12.4. The van der Waals surface area contributed by atoms with Gasteiger partial charge in [0.05, 0.1) is 6.10 Å². The van der Waals surface area contributed by atoms with Crippen molar-refractivity contribution in [3.8, 4) is 0 Å². The fourth-order valence-electron chi connectivity index (χ4n) is 1.72. The Morgan fingerprint density at radius 3 is 2.39 bits per heavy atom. The molecule has 0 bridgehead atoms. The number of benzene rings is 2. The van der Waals surface area contributed by atoms with Gasteiger partial charge in [-0.1, -0.05) is 35.3 Å². The highest BCUT2D eigenvalue weighted by Crippen LogP contribution is 2.28. The molecule has 2 rings (SSSR count). The van der Waals surface area contributed by atoms with Gasteiger partial charge in [-0.05, 0) is 35.9 Å². The van der Waals surface area contributed by atoms with Gasteiger partial charge in [0.25, 0.3) is 0 Å². The Morgan fingerprint density at radius 1 is 1.06 bits per heavy atom. The SMILES string of the molecule is OC(Cc1ccc(F)cc1)c1cc(Cl)ccc1Cl. The molecule has 0 spiro atoms. The van der Waals surface area contributed by atoms with Crippen LogP contribution < -0.4 is 0 Å². The minimum Gasteiger partial charge on any atom is -0.388 e. The van der Waals surface area contributed by atoms with E-state index in [2.05, 4.69) is 0 Å². The number of aliphatic hydroxyl groups is 1. The van der Waals surface area contributed by atoms with Crippen LogP contribution in [-0.2, 0) is 6.42 Å². The molecule has 0 amide bonds. The summed E-state index contributed by atoms with van der Waals surface area (Å²) in [5.41, 5.74) is 1.41. The fourth-order valence-corrected chi connectivity index (χ4v) is 2.15. The average Bonchev–Trinajstić information content (AvgIpc) is 2.35. The van der Waals surface area contributed by atoms with Crippen LogP contribution in [0.1, 0.15) is 17.2 Å². The van der Waals surface area contributed by atoms with Gasteiger partial charge in [-0.15, -0.1) is 0 Å². The topological polar surface area (TPSA) is 20.2 Å². The summed E-state index contributed by atoms with van der Waals surface area (Å²) in [6.07, 6.45) is -0.401. The van der Waals surface area contributed by atoms with E-state index < -0.39 is 6.10 Å². The summed E-state index contributed by atoms with van der Waals surface area (Å²) in [6, 6.07) is 10.9. The summed E-state index contributed by atoms with van der Waals surface area (Å²) in [7, 11) is 0. The molecular weight excluding hydrogens is 274 g/mol.